The van der Waals surface area contributed by atoms with E-state index in [0.717, 1.165) is 25.0 Å². The quantitative estimate of drug-likeness (QED) is 0.628. The molecule has 2 atom stereocenters. The molecule has 1 amide bonds. The summed E-state index contributed by atoms with van der Waals surface area (Å²) < 4.78 is 14.3. The Morgan fingerprint density at radius 1 is 1.31 bits per heavy atom. The van der Waals surface area contributed by atoms with Gasteiger partial charge in [0.05, 0.1) is 12.3 Å². The number of ether oxygens (including phenoxy) is 2. The number of rotatable bonds is 7. The van der Waals surface area contributed by atoms with Crippen molar-refractivity contribution in [1.29, 1.82) is 0 Å². The Labute approximate surface area is 168 Å². The number of methoxy groups -OCH3 is 1. The highest BCUT2D eigenvalue weighted by molar-refractivity contribution is 6.02. The number of carbonyl (C=O) groups is 1. The van der Waals surface area contributed by atoms with Crippen LogP contribution in [-0.4, -0.2) is 48.9 Å². The number of hydrogen-bond donors (Lipinski definition) is 2. The largest absolute Gasteiger partial charge is 0.473 e. The van der Waals surface area contributed by atoms with Gasteiger partial charge in [0.1, 0.15) is 11.8 Å². The number of anilines is 1. The van der Waals surface area contributed by atoms with Crippen molar-refractivity contribution in [3.63, 3.8) is 0 Å². The molecule has 0 saturated heterocycles. The van der Waals surface area contributed by atoms with Crippen LogP contribution in [0.15, 0.2) is 24.4 Å². The lowest BCUT2D eigenvalue weighted by atomic mass is 10.0. The molecule has 0 aromatic carbocycles. The van der Waals surface area contributed by atoms with Crippen molar-refractivity contribution in [2.75, 3.05) is 12.4 Å². The molecule has 0 bridgehead atoms. The number of nitrogens with zero attached hydrogens (tertiary/aromatic N) is 5. The molecule has 3 heterocycles. The van der Waals surface area contributed by atoms with Crippen molar-refractivity contribution in [2.45, 2.75) is 37.9 Å². The molecular weight excluding hydrogens is 374 g/mol. The summed E-state index contributed by atoms with van der Waals surface area (Å²) in [6.07, 6.45) is 4.83. The minimum absolute atomic E-state index is 0.130. The fourth-order valence-corrected chi connectivity index (χ4v) is 3.70. The number of carbonyl (C=O) groups excluding carboxylic acids is 1. The molecule has 1 saturated carbocycles. The average molecular weight is 399 g/mol. The van der Waals surface area contributed by atoms with Gasteiger partial charge in [-0.2, -0.15) is 10.2 Å². The highest BCUT2D eigenvalue weighted by atomic mass is 16.5. The van der Waals surface area contributed by atoms with E-state index in [1.807, 2.05) is 25.4 Å². The molecule has 10 heteroatoms. The Bertz CT molecular complexity index is 990. The van der Waals surface area contributed by atoms with Crippen LogP contribution < -0.4 is 10.1 Å². The summed E-state index contributed by atoms with van der Waals surface area (Å²) in [6.45, 7) is 0.358. The van der Waals surface area contributed by atoms with Crippen LogP contribution in [0, 0.1) is 0 Å². The average Bonchev–Trinajstić information content (AvgIpc) is 3.45. The number of aromatic nitrogens is 6. The highest BCUT2D eigenvalue weighted by Gasteiger charge is 2.29. The van der Waals surface area contributed by atoms with E-state index in [0.29, 0.717) is 35.6 Å². The van der Waals surface area contributed by atoms with Crippen molar-refractivity contribution in [2.24, 2.45) is 14.1 Å². The molecule has 4 rings (SSSR count). The Kier molecular flexibility index (Phi) is 5.34. The SMILES string of the molecule is COCc1cc(C(=O)Nc2cc(C3CCC(Oc4ccn(C)n4)C3)[nH]n2)n(C)n1. The second-order valence-electron chi connectivity index (χ2n) is 7.32. The molecule has 154 valence electrons. The summed E-state index contributed by atoms with van der Waals surface area (Å²) in [4.78, 5) is 12.5. The molecule has 1 aliphatic carbocycles. The zero-order valence-corrected chi connectivity index (χ0v) is 16.8. The minimum atomic E-state index is -0.261. The maximum absolute atomic E-state index is 12.5. The summed E-state index contributed by atoms with van der Waals surface area (Å²) in [5.41, 5.74) is 2.15. The Morgan fingerprint density at radius 3 is 2.93 bits per heavy atom. The molecule has 0 radical (unpaired) electrons. The van der Waals surface area contributed by atoms with E-state index in [4.69, 9.17) is 9.47 Å². The lowest BCUT2D eigenvalue weighted by Gasteiger charge is -2.11. The smallest absolute Gasteiger partial charge is 0.275 e. The monoisotopic (exact) mass is 399 g/mol. The van der Waals surface area contributed by atoms with Crippen LogP contribution in [0.25, 0.3) is 0 Å². The van der Waals surface area contributed by atoms with Crippen LogP contribution in [0.1, 0.15) is 47.1 Å². The van der Waals surface area contributed by atoms with Crippen LogP contribution in [0.5, 0.6) is 5.88 Å². The third-order valence-electron chi connectivity index (χ3n) is 5.10. The fourth-order valence-electron chi connectivity index (χ4n) is 3.70. The predicted molar refractivity (Wildman–Crippen MR) is 105 cm³/mol. The van der Waals surface area contributed by atoms with Gasteiger partial charge < -0.3 is 14.8 Å². The molecule has 0 spiro atoms. The van der Waals surface area contributed by atoms with Gasteiger partial charge in [-0.1, -0.05) is 0 Å². The van der Waals surface area contributed by atoms with E-state index in [1.165, 1.54) is 4.68 Å². The van der Waals surface area contributed by atoms with Crippen LogP contribution in [0.2, 0.25) is 0 Å². The maximum Gasteiger partial charge on any atom is 0.275 e. The van der Waals surface area contributed by atoms with Gasteiger partial charge in [-0.3, -0.25) is 19.3 Å². The number of amides is 1. The lowest BCUT2D eigenvalue weighted by molar-refractivity contribution is 0.101. The highest BCUT2D eigenvalue weighted by Crippen LogP contribution is 2.36. The van der Waals surface area contributed by atoms with Gasteiger partial charge in [0.25, 0.3) is 5.91 Å². The van der Waals surface area contributed by atoms with E-state index >= 15 is 0 Å². The molecule has 3 aromatic heterocycles. The van der Waals surface area contributed by atoms with E-state index in [2.05, 4.69) is 25.7 Å². The number of nitrogens with one attached hydrogen (secondary N) is 2. The first-order valence-electron chi connectivity index (χ1n) is 9.56. The van der Waals surface area contributed by atoms with Crippen LogP contribution in [0.3, 0.4) is 0 Å². The lowest BCUT2D eigenvalue weighted by Crippen LogP contribution is -2.16. The number of H-pyrrole nitrogens is 1. The molecule has 10 nitrogen and oxygen atoms in total. The number of aromatic amines is 1. The third-order valence-corrected chi connectivity index (χ3v) is 5.10. The summed E-state index contributed by atoms with van der Waals surface area (Å²) in [5.74, 6) is 1.20. The molecule has 2 N–H and O–H groups in total. The summed E-state index contributed by atoms with van der Waals surface area (Å²) >= 11 is 0. The first-order valence-corrected chi connectivity index (χ1v) is 9.56. The Balaban J connectivity index is 1.35. The van der Waals surface area contributed by atoms with Gasteiger partial charge >= 0.3 is 0 Å². The van der Waals surface area contributed by atoms with Gasteiger partial charge in [0.2, 0.25) is 5.88 Å². The summed E-state index contributed by atoms with van der Waals surface area (Å²) in [6, 6.07) is 5.47. The molecule has 1 fully saturated rings. The van der Waals surface area contributed by atoms with Gasteiger partial charge in [-0.25, -0.2) is 0 Å². The van der Waals surface area contributed by atoms with E-state index in [9.17, 15) is 4.79 Å². The van der Waals surface area contributed by atoms with Gasteiger partial charge in [0.15, 0.2) is 5.82 Å². The molecule has 29 heavy (non-hydrogen) atoms. The third kappa shape index (κ3) is 4.32. The second-order valence-corrected chi connectivity index (χ2v) is 7.32. The van der Waals surface area contributed by atoms with E-state index in [-0.39, 0.29) is 12.0 Å². The van der Waals surface area contributed by atoms with Crippen molar-refractivity contribution in [3.05, 3.63) is 41.5 Å². The van der Waals surface area contributed by atoms with Gasteiger partial charge in [-0.15, -0.1) is 5.10 Å². The fraction of sp³-hybridized carbons (Fsp3) is 0.474. The molecule has 2 unspecified atom stereocenters. The first-order chi connectivity index (χ1) is 14.0. The normalized spacial score (nSPS) is 18.9. The number of aryl methyl sites for hydroxylation is 2. The Hall–Kier alpha value is -3.14. The van der Waals surface area contributed by atoms with Crippen molar-refractivity contribution >= 4 is 11.7 Å². The molecular formula is C19H25N7O3. The zero-order valence-electron chi connectivity index (χ0n) is 16.8. The minimum Gasteiger partial charge on any atom is -0.473 e. The van der Waals surface area contributed by atoms with Crippen LogP contribution in [-0.2, 0) is 25.4 Å². The van der Waals surface area contributed by atoms with Crippen LogP contribution in [0.4, 0.5) is 5.82 Å². The predicted octanol–water partition coefficient (Wildman–Crippen LogP) is 1.99. The standard InChI is InChI=1S/C19H25N7O3/c1-25-7-6-18(24-25)29-14-5-4-12(8-14)15-10-17(22-21-15)20-19(27)16-9-13(11-28-3)23-26(16)2/h6-7,9-10,12,14H,4-5,8,11H2,1-3H3,(H2,20,21,22,27). The summed E-state index contributed by atoms with van der Waals surface area (Å²) in [5, 5.41) is 18.6. The second kappa shape index (κ2) is 8.08. The topological polar surface area (TPSA) is 112 Å². The van der Waals surface area contributed by atoms with E-state index < -0.39 is 0 Å². The first kappa shape index (κ1) is 19.2. The molecule has 3 aromatic rings. The van der Waals surface area contributed by atoms with Gasteiger partial charge in [-0.05, 0) is 25.3 Å². The molecule has 1 aliphatic rings. The zero-order chi connectivity index (χ0) is 20.4. The molecule has 0 aliphatic heterocycles. The van der Waals surface area contributed by atoms with Crippen molar-refractivity contribution in [1.82, 2.24) is 29.8 Å². The van der Waals surface area contributed by atoms with Crippen molar-refractivity contribution in [3.8, 4) is 5.88 Å². The summed E-state index contributed by atoms with van der Waals surface area (Å²) in [7, 11) is 5.19. The van der Waals surface area contributed by atoms with Crippen molar-refractivity contribution < 1.29 is 14.3 Å². The maximum atomic E-state index is 12.5. The Morgan fingerprint density at radius 2 is 2.17 bits per heavy atom. The van der Waals surface area contributed by atoms with Gasteiger partial charge in [0, 0.05) is 51.1 Å². The van der Waals surface area contributed by atoms with Crippen LogP contribution >= 0.6 is 0 Å². The number of hydrogen-bond acceptors (Lipinski definition) is 6. The van der Waals surface area contributed by atoms with E-state index in [1.54, 1.807) is 24.9 Å².